The van der Waals surface area contributed by atoms with Gasteiger partial charge in [0, 0.05) is 24.0 Å². The molecule has 3 rings (SSSR count). The first-order chi connectivity index (χ1) is 11.3. The third-order valence-corrected chi connectivity index (χ3v) is 6.93. The number of fused-ring (bicyclic) bond motifs is 1. The van der Waals surface area contributed by atoms with Crippen LogP contribution in [0.5, 0.6) is 0 Å². The van der Waals surface area contributed by atoms with Crippen molar-refractivity contribution in [3.63, 3.8) is 0 Å². The molecule has 0 saturated carbocycles. The van der Waals surface area contributed by atoms with Gasteiger partial charge in [-0.25, -0.2) is 13.1 Å². The number of hydrogen-bond donors (Lipinski definition) is 1. The van der Waals surface area contributed by atoms with Gasteiger partial charge in [-0.3, -0.25) is 4.79 Å². The molecule has 1 aromatic heterocycles. The van der Waals surface area contributed by atoms with Gasteiger partial charge in [0.1, 0.15) is 0 Å². The molecule has 7 heteroatoms. The highest BCUT2D eigenvalue weighted by Gasteiger charge is 2.30. The largest absolute Gasteiger partial charge is 0.334 e. The molecule has 5 nitrogen and oxygen atoms in total. The number of thiophene rings is 1. The zero-order valence-corrected chi connectivity index (χ0v) is 16.0. The molecule has 2 aliphatic rings. The Hall–Kier alpha value is -0.920. The van der Waals surface area contributed by atoms with Gasteiger partial charge in [0.15, 0.2) is 0 Å². The second-order valence-electron chi connectivity index (χ2n) is 7.18. The number of amides is 1. The van der Waals surface area contributed by atoms with Crippen LogP contribution < -0.4 is 4.72 Å². The van der Waals surface area contributed by atoms with Crippen molar-refractivity contribution in [3.8, 4) is 0 Å². The van der Waals surface area contributed by atoms with Gasteiger partial charge in [-0.2, -0.15) is 0 Å². The zero-order valence-electron chi connectivity index (χ0n) is 14.4. The summed E-state index contributed by atoms with van der Waals surface area (Å²) >= 11 is 1.63. The summed E-state index contributed by atoms with van der Waals surface area (Å²) in [5.41, 5.74) is 1.34. The molecule has 1 amide bonds. The molecule has 2 heterocycles. The number of carbonyl (C=O) groups excluding carboxylic acids is 1. The van der Waals surface area contributed by atoms with Crippen molar-refractivity contribution in [3.05, 3.63) is 21.4 Å². The number of sulfonamides is 1. The van der Waals surface area contributed by atoms with Crippen molar-refractivity contribution in [2.24, 2.45) is 5.92 Å². The van der Waals surface area contributed by atoms with Crippen LogP contribution in [0.3, 0.4) is 0 Å². The molecule has 1 saturated heterocycles. The second kappa shape index (κ2) is 7.14. The topological polar surface area (TPSA) is 66.5 Å². The van der Waals surface area contributed by atoms with Crippen molar-refractivity contribution in [1.29, 1.82) is 0 Å². The second-order valence-corrected chi connectivity index (χ2v) is 10.1. The van der Waals surface area contributed by atoms with Crippen molar-refractivity contribution in [1.82, 2.24) is 9.62 Å². The third-order valence-electron chi connectivity index (χ3n) is 5.01. The van der Waals surface area contributed by atoms with Gasteiger partial charge in [0.05, 0.1) is 11.1 Å². The minimum absolute atomic E-state index is 0.0426. The fraction of sp³-hybridized carbons (Fsp3) is 0.706. The lowest BCUT2D eigenvalue weighted by Gasteiger charge is -2.35. The fourth-order valence-electron chi connectivity index (χ4n) is 3.68. The minimum atomic E-state index is -3.23. The van der Waals surface area contributed by atoms with Crippen LogP contribution in [0, 0.1) is 5.92 Å². The summed E-state index contributed by atoms with van der Waals surface area (Å²) in [5, 5.41) is 0. The molecule has 134 valence electrons. The Kier molecular flexibility index (Phi) is 5.32. The predicted octanol–water partition coefficient (Wildman–Crippen LogP) is 2.42. The molecule has 1 aliphatic carbocycles. The third kappa shape index (κ3) is 4.18. The Bertz CT molecular complexity index is 711. The van der Waals surface area contributed by atoms with E-state index >= 15 is 0 Å². The molecule has 1 aliphatic heterocycles. The van der Waals surface area contributed by atoms with E-state index in [2.05, 4.69) is 17.7 Å². The average molecular weight is 371 g/mol. The molecule has 24 heavy (non-hydrogen) atoms. The van der Waals surface area contributed by atoms with Gasteiger partial charge in [0.2, 0.25) is 10.0 Å². The summed E-state index contributed by atoms with van der Waals surface area (Å²) in [5.74, 6) is 0.763. The van der Waals surface area contributed by atoms with Gasteiger partial charge in [-0.1, -0.05) is 6.92 Å². The van der Waals surface area contributed by atoms with Crippen molar-refractivity contribution in [2.45, 2.75) is 51.5 Å². The van der Waals surface area contributed by atoms with Crippen LogP contribution in [0.2, 0.25) is 0 Å². The molecule has 1 fully saturated rings. The van der Waals surface area contributed by atoms with Gasteiger partial charge < -0.3 is 4.90 Å². The van der Waals surface area contributed by atoms with Crippen LogP contribution in [-0.4, -0.2) is 44.6 Å². The Morgan fingerprint density at radius 2 is 2.17 bits per heavy atom. The summed E-state index contributed by atoms with van der Waals surface area (Å²) in [7, 11) is -3.23. The number of carbonyl (C=O) groups is 1. The highest BCUT2D eigenvalue weighted by atomic mass is 32.2. The monoisotopic (exact) mass is 370 g/mol. The van der Waals surface area contributed by atoms with Crippen LogP contribution >= 0.6 is 11.3 Å². The summed E-state index contributed by atoms with van der Waals surface area (Å²) in [6.07, 6.45) is 7.39. The van der Waals surface area contributed by atoms with E-state index in [-0.39, 0.29) is 11.9 Å². The first-order valence-electron chi connectivity index (χ1n) is 8.70. The maximum atomic E-state index is 13.0. The highest BCUT2D eigenvalue weighted by molar-refractivity contribution is 7.88. The fourth-order valence-corrected chi connectivity index (χ4v) is 5.34. The first kappa shape index (κ1) is 17.9. The van der Waals surface area contributed by atoms with E-state index in [1.165, 1.54) is 16.9 Å². The molecule has 0 spiro atoms. The zero-order chi connectivity index (χ0) is 17.3. The van der Waals surface area contributed by atoms with Gasteiger partial charge >= 0.3 is 0 Å². The molecule has 1 aromatic rings. The minimum Gasteiger partial charge on any atom is -0.334 e. The van der Waals surface area contributed by atoms with E-state index in [0.717, 1.165) is 43.2 Å². The van der Waals surface area contributed by atoms with Crippen molar-refractivity contribution < 1.29 is 13.2 Å². The van der Waals surface area contributed by atoms with Gasteiger partial charge in [-0.05, 0) is 56.1 Å². The number of nitrogens with one attached hydrogen (secondary N) is 1. The van der Waals surface area contributed by atoms with Crippen LogP contribution in [0.1, 0.15) is 52.7 Å². The van der Waals surface area contributed by atoms with Crippen LogP contribution in [0.15, 0.2) is 6.07 Å². The maximum Gasteiger partial charge on any atom is 0.264 e. The van der Waals surface area contributed by atoms with E-state index in [1.54, 1.807) is 11.3 Å². The van der Waals surface area contributed by atoms with E-state index in [0.29, 0.717) is 19.0 Å². The van der Waals surface area contributed by atoms with Gasteiger partial charge in [-0.15, -0.1) is 11.3 Å². The Morgan fingerprint density at radius 3 is 2.92 bits per heavy atom. The van der Waals surface area contributed by atoms with Crippen LogP contribution in [0.4, 0.5) is 0 Å². The maximum absolute atomic E-state index is 13.0. The van der Waals surface area contributed by atoms with Gasteiger partial charge in [0.25, 0.3) is 5.91 Å². The van der Waals surface area contributed by atoms with E-state index in [4.69, 9.17) is 0 Å². The summed E-state index contributed by atoms with van der Waals surface area (Å²) in [6, 6.07) is 2.03. The number of rotatable bonds is 4. The molecular formula is C17H26N2O3S2. The molecule has 0 radical (unpaired) electrons. The van der Waals surface area contributed by atoms with Crippen molar-refractivity contribution in [2.75, 3.05) is 19.3 Å². The molecule has 1 N–H and O–H groups in total. The van der Waals surface area contributed by atoms with E-state index in [1.807, 2.05) is 4.90 Å². The number of hydrogen-bond acceptors (Lipinski definition) is 4. The highest BCUT2D eigenvalue weighted by Crippen LogP contribution is 2.33. The van der Waals surface area contributed by atoms with Crippen LogP contribution in [0.25, 0.3) is 0 Å². The number of aryl methyl sites for hydroxylation is 1. The molecule has 2 atom stereocenters. The first-order valence-corrected chi connectivity index (χ1v) is 11.4. The SMILES string of the molecule is C[C@H]1CCc2sc(C(=O)N3CCCC[C@H]3CNS(C)(=O)=O)cc2C1. The smallest absolute Gasteiger partial charge is 0.264 e. The lowest BCUT2D eigenvalue weighted by atomic mass is 9.90. The standard InChI is InChI=1S/C17H26N2O3S2/c1-12-6-7-15-13(9-12)10-16(23-15)17(20)19-8-4-3-5-14(19)11-18-24(2,21)22/h10,12,14,18H,3-9,11H2,1-2H3/t12-,14-/m0/s1. The molecular weight excluding hydrogens is 344 g/mol. The number of nitrogens with zero attached hydrogens (tertiary/aromatic N) is 1. The summed E-state index contributed by atoms with van der Waals surface area (Å²) in [4.78, 5) is 17.1. The lowest BCUT2D eigenvalue weighted by Crippen LogP contribution is -2.49. The van der Waals surface area contributed by atoms with E-state index < -0.39 is 10.0 Å². The Balaban J connectivity index is 1.74. The number of piperidine rings is 1. The quantitative estimate of drug-likeness (QED) is 0.885. The average Bonchev–Trinajstić information content (AvgIpc) is 2.95. The summed E-state index contributed by atoms with van der Waals surface area (Å²) < 4.78 is 25.3. The predicted molar refractivity (Wildman–Crippen MR) is 97.0 cm³/mol. The number of likely N-dealkylation sites (tertiary alicyclic amines) is 1. The molecule has 0 unspecified atom stereocenters. The lowest BCUT2D eigenvalue weighted by molar-refractivity contribution is 0.0624. The molecule has 0 bridgehead atoms. The van der Waals surface area contributed by atoms with Crippen molar-refractivity contribution >= 4 is 27.3 Å². The Morgan fingerprint density at radius 1 is 1.38 bits per heavy atom. The molecule has 0 aromatic carbocycles. The summed E-state index contributed by atoms with van der Waals surface area (Å²) in [6.45, 7) is 3.29. The van der Waals surface area contributed by atoms with Crippen LogP contribution in [-0.2, 0) is 22.9 Å². The van der Waals surface area contributed by atoms with E-state index in [9.17, 15) is 13.2 Å². The normalized spacial score (nSPS) is 24.7. The Labute approximate surface area is 148 Å².